The second-order valence-corrected chi connectivity index (χ2v) is 5.13. The molecule has 1 aromatic heterocycles. The zero-order chi connectivity index (χ0) is 11.9. The second kappa shape index (κ2) is 3.75. The average molecular weight is 239 g/mol. The summed E-state index contributed by atoms with van der Waals surface area (Å²) in [4.78, 5) is 3.80. The van der Waals surface area contributed by atoms with E-state index < -0.39 is 12.3 Å². The maximum absolute atomic E-state index is 12.2. The van der Waals surface area contributed by atoms with Crippen molar-refractivity contribution < 1.29 is 18.3 Å². The third-order valence-corrected chi connectivity index (χ3v) is 3.04. The molecule has 0 saturated heterocycles. The molecule has 6 heteroatoms. The van der Waals surface area contributed by atoms with Gasteiger partial charge in [0.05, 0.1) is 10.7 Å². The van der Waals surface area contributed by atoms with Gasteiger partial charge in [0.15, 0.2) is 6.10 Å². The van der Waals surface area contributed by atoms with E-state index in [-0.39, 0.29) is 11.1 Å². The van der Waals surface area contributed by atoms with Gasteiger partial charge in [-0.3, -0.25) is 0 Å². The van der Waals surface area contributed by atoms with Gasteiger partial charge in [-0.1, -0.05) is 20.8 Å². The van der Waals surface area contributed by atoms with Crippen LogP contribution in [0.3, 0.4) is 0 Å². The molecule has 0 aliphatic carbocycles. The number of thiazole rings is 1. The normalized spacial score (nSPS) is 15.4. The van der Waals surface area contributed by atoms with Crippen LogP contribution in [-0.4, -0.2) is 16.3 Å². The quantitative estimate of drug-likeness (QED) is 0.817. The van der Waals surface area contributed by atoms with Gasteiger partial charge in [0.2, 0.25) is 0 Å². The third-order valence-electron chi connectivity index (χ3n) is 1.75. The lowest BCUT2D eigenvalue weighted by Crippen LogP contribution is -2.21. The summed E-state index contributed by atoms with van der Waals surface area (Å²) in [5.74, 6) is 0. The van der Waals surface area contributed by atoms with Crippen LogP contribution in [0, 0.1) is 0 Å². The summed E-state index contributed by atoms with van der Waals surface area (Å²) in [6, 6.07) is 0. The lowest BCUT2D eigenvalue weighted by molar-refractivity contribution is -0.207. The maximum atomic E-state index is 12.2. The molecule has 2 nitrogen and oxygen atoms in total. The number of aliphatic hydroxyl groups is 1. The van der Waals surface area contributed by atoms with E-state index in [1.165, 1.54) is 5.38 Å². The Kier molecular flexibility index (Phi) is 3.11. The van der Waals surface area contributed by atoms with E-state index in [0.29, 0.717) is 5.01 Å². The summed E-state index contributed by atoms with van der Waals surface area (Å²) in [5.41, 5.74) is -0.619. The van der Waals surface area contributed by atoms with Gasteiger partial charge in [-0.05, 0) is 0 Å². The minimum atomic E-state index is -4.65. The molecular weight excluding hydrogens is 227 g/mol. The van der Waals surface area contributed by atoms with Crippen LogP contribution < -0.4 is 0 Å². The van der Waals surface area contributed by atoms with E-state index in [2.05, 4.69) is 4.98 Å². The summed E-state index contributed by atoms with van der Waals surface area (Å²) in [5, 5.41) is 10.8. The Bertz CT molecular complexity index is 340. The van der Waals surface area contributed by atoms with E-state index in [9.17, 15) is 13.2 Å². The molecule has 1 aromatic rings. The van der Waals surface area contributed by atoms with Crippen LogP contribution in [-0.2, 0) is 5.41 Å². The summed E-state index contributed by atoms with van der Waals surface area (Å²) in [6.45, 7) is 5.57. The zero-order valence-corrected chi connectivity index (χ0v) is 9.41. The number of alkyl halides is 3. The van der Waals surface area contributed by atoms with Gasteiger partial charge in [0.25, 0.3) is 0 Å². The number of aromatic nitrogens is 1. The molecule has 15 heavy (non-hydrogen) atoms. The van der Waals surface area contributed by atoms with Gasteiger partial charge >= 0.3 is 6.18 Å². The molecule has 0 saturated carbocycles. The molecular formula is C9H12F3NOS. The van der Waals surface area contributed by atoms with Crippen LogP contribution in [0.5, 0.6) is 0 Å². The van der Waals surface area contributed by atoms with Crippen LogP contribution in [0.4, 0.5) is 13.2 Å². The fourth-order valence-corrected chi connectivity index (χ4v) is 1.85. The molecule has 0 spiro atoms. The lowest BCUT2D eigenvalue weighted by Gasteiger charge is -2.15. The molecule has 0 fully saturated rings. The van der Waals surface area contributed by atoms with E-state index in [1.807, 2.05) is 20.8 Å². The van der Waals surface area contributed by atoms with Gasteiger partial charge in [0.1, 0.15) is 0 Å². The van der Waals surface area contributed by atoms with Crippen molar-refractivity contribution in [1.29, 1.82) is 0 Å². The average Bonchev–Trinajstić information content (AvgIpc) is 2.47. The number of aliphatic hydroxyl groups excluding tert-OH is 1. The zero-order valence-electron chi connectivity index (χ0n) is 8.59. The highest BCUT2D eigenvalue weighted by molar-refractivity contribution is 7.09. The van der Waals surface area contributed by atoms with Crippen LogP contribution in [0.2, 0.25) is 0 Å². The molecule has 1 atom stereocenters. The Balaban J connectivity index is 2.95. The number of halogens is 3. The van der Waals surface area contributed by atoms with Gasteiger partial charge in [-0.25, -0.2) is 4.98 Å². The van der Waals surface area contributed by atoms with Crippen molar-refractivity contribution in [3.8, 4) is 0 Å². The maximum Gasteiger partial charge on any atom is 0.420 e. The SMILES string of the molecule is CC(C)(C)c1nc(C(O)C(F)(F)F)cs1. The Morgan fingerprint density at radius 2 is 1.87 bits per heavy atom. The Hall–Kier alpha value is -0.620. The monoisotopic (exact) mass is 239 g/mol. The number of hydrogen-bond acceptors (Lipinski definition) is 3. The number of rotatable bonds is 1. The van der Waals surface area contributed by atoms with Gasteiger partial charge < -0.3 is 5.11 Å². The number of nitrogens with zero attached hydrogens (tertiary/aromatic N) is 1. The smallest absolute Gasteiger partial charge is 0.378 e. The van der Waals surface area contributed by atoms with Gasteiger partial charge in [-0.15, -0.1) is 11.3 Å². The molecule has 0 radical (unpaired) electrons. The highest BCUT2D eigenvalue weighted by atomic mass is 32.1. The molecule has 0 aliphatic rings. The van der Waals surface area contributed by atoms with Crippen LogP contribution >= 0.6 is 11.3 Å². The minimum absolute atomic E-state index is 0.297. The predicted molar refractivity (Wildman–Crippen MR) is 51.8 cm³/mol. The first-order valence-electron chi connectivity index (χ1n) is 4.33. The number of hydrogen-bond donors (Lipinski definition) is 1. The van der Waals surface area contributed by atoms with Crippen molar-refractivity contribution >= 4 is 11.3 Å². The van der Waals surface area contributed by atoms with Crippen molar-refractivity contribution in [3.63, 3.8) is 0 Å². The highest BCUT2D eigenvalue weighted by Gasteiger charge is 2.41. The van der Waals surface area contributed by atoms with Crippen molar-refractivity contribution in [3.05, 3.63) is 16.1 Å². The second-order valence-electron chi connectivity index (χ2n) is 4.27. The molecule has 0 amide bonds. The van der Waals surface area contributed by atoms with Crippen LogP contribution in [0.25, 0.3) is 0 Å². The minimum Gasteiger partial charge on any atom is -0.378 e. The van der Waals surface area contributed by atoms with E-state index >= 15 is 0 Å². The van der Waals surface area contributed by atoms with Crippen molar-refractivity contribution in [2.45, 2.75) is 38.5 Å². The summed E-state index contributed by atoms with van der Waals surface area (Å²) in [7, 11) is 0. The van der Waals surface area contributed by atoms with Gasteiger partial charge in [-0.2, -0.15) is 13.2 Å². The first-order chi connectivity index (χ1) is 6.62. The summed E-state index contributed by atoms with van der Waals surface area (Å²) < 4.78 is 36.5. The molecule has 1 heterocycles. The Morgan fingerprint density at radius 1 is 1.33 bits per heavy atom. The van der Waals surface area contributed by atoms with Crippen LogP contribution in [0.15, 0.2) is 5.38 Å². The van der Waals surface area contributed by atoms with E-state index in [4.69, 9.17) is 5.11 Å². The standard InChI is InChI=1S/C9H12F3NOS/c1-8(2,3)7-13-5(4-15-7)6(14)9(10,11)12/h4,6,14H,1-3H3. The van der Waals surface area contributed by atoms with Crippen molar-refractivity contribution in [2.24, 2.45) is 0 Å². The van der Waals surface area contributed by atoms with E-state index in [0.717, 1.165) is 11.3 Å². The third kappa shape index (κ3) is 2.92. The van der Waals surface area contributed by atoms with Crippen LogP contribution in [0.1, 0.15) is 37.6 Å². The van der Waals surface area contributed by atoms with E-state index in [1.54, 1.807) is 0 Å². The fourth-order valence-electron chi connectivity index (χ4n) is 0.924. The molecule has 0 aromatic carbocycles. The summed E-state index contributed by atoms with van der Waals surface area (Å²) in [6.07, 6.45) is -7.13. The highest BCUT2D eigenvalue weighted by Crippen LogP contribution is 2.35. The molecule has 0 bridgehead atoms. The predicted octanol–water partition coefficient (Wildman–Crippen LogP) is 3.04. The molecule has 1 rings (SSSR count). The Labute approximate surface area is 89.8 Å². The largest absolute Gasteiger partial charge is 0.420 e. The molecule has 1 N–H and O–H groups in total. The lowest BCUT2D eigenvalue weighted by atomic mass is 9.98. The Morgan fingerprint density at radius 3 is 2.20 bits per heavy atom. The molecule has 0 aliphatic heterocycles. The van der Waals surface area contributed by atoms with Crippen molar-refractivity contribution in [2.75, 3.05) is 0 Å². The molecule has 86 valence electrons. The van der Waals surface area contributed by atoms with Crippen molar-refractivity contribution in [1.82, 2.24) is 4.98 Å². The first-order valence-corrected chi connectivity index (χ1v) is 5.21. The topological polar surface area (TPSA) is 33.1 Å². The first kappa shape index (κ1) is 12.4. The van der Waals surface area contributed by atoms with Gasteiger partial charge in [0, 0.05) is 10.8 Å². The molecule has 1 unspecified atom stereocenters. The summed E-state index contributed by atoms with van der Waals surface area (Å²) >= 11 is 1.13. The fraction of sp³-hybridized carbons (Fsp3) is 0.667.